The number of nitrogen functional groups attached to an aromatic ring is 4. The lowest BCUT2D eigenvalue weighted by atomic mass is 10.0. The van der Waals surface area contributed by atoms with Gasteiger partial charge >= 0.3 is 0 Å². The number of benzene rings is 8. The van der Waals surface area contributed by atoms with Gasteiger partial charge in [0, 0.05) is 46.4 Å². The van der Waals surface area contributed by atoms with Gasteiger partial charge in [-0.15, -0.1) is 40.8 Å². The molecule has 4 aliphatic carbocycles. The minimum absolute atomic E-state index is 0.0303. The van der Waals surface area contributed by atoms with Gasteiger partial charge in [-0.1, -0.05) is 123 Å². The van der Waals surface area contributed by atoms with Crippen molar-refractivity contribution in [1.82, 2.24) is 109 Å². The first-order valence-corrected chi connectivity index (χ1v) is 47.3. The Morgan fingerprint density at radius 1 is 0.322 bits per heavy atom. The fourth-order valence-corrected chi connectivity index (χ4v) is 17.3. The highest BCUT2D eigenvalue weighted by molar-refractivity contribution is 5.87. The number of aromatic nitrogens is 22. The van der Waals surface area contributed by atoms with E-state index in [2.05, 4.69) is 107 Å². The summed E-state index contributed by atoms with van der Waals surface area (Å²) in [5.41, 5.74) is 28.6. The molecule has 8 aromatic carbocycles. The van der Waals surface area contributed by atoms with Gasteiger partial charge in [0.1, 0.15) is 140 Å². The van der Waals surface area contributed by atoms with Crippen molar-refractivity contribution < 1.29 is 35.2 Å². The Labute approximate surface area is 825 Å². The second-order valence-electron chi connectivity index (χ2n) is 35.4. The van der Waals surface area contributed by atoms with E-state index in [-0.39, 0.29) is 103 Å². The van der Waals surface area contributed by atoms with Gasteiger partial charge < -0.3 is 61.9 Å². The van der Waals surface area contributed by atoms with Gasteiger partial charge in [0.2, 0.25) is 23.6 Å². The predicted octanol–water partition coefficient (Wildman–Crippen LogP) is 18.0. The molecule has 0 amide bonds. The third-order valence-electron chi connectivity index (χ3n) is 25.3. The molecule has 12 aromatic heterocycles. The lowest BCUT2D eigenvalue weighted by Crippen LogP contribution is -2.29. The molecule has 0 spiro atoms. The highest BCUT2D eigenvalue weighted by Crippen LogP contribution is 2.47. The molecular formula is C104H90F4N30O8. The molecule has 4 atom stereocenters. The molecule has 12 N–H and O–H groups in total. The third-order valence-corrected chi connectivity index (χ3v) is 25.3. The third kappa shape index (κ3) is 18.8. The van der Waals surface area contributed by atoms with Gasteiger partial charge in [0.15, 0.2) is 0 Å². The number of nitrogens with zero attached hydrogens (tertiary/aromatic N) is 22. The number of nitrogens with two attached hydrogens (primary N) is 4. The number of pyridine rings is 2. The molecule has 0 saturated heterocycles. The highest BCUT2D eigenvalue weighted by atomic mass is 19.1. The Hall–Kier alpha value is -18.5. The van der Waals surface area contributed by atoms with Gasteiger partial charge in [-0.25, -0.2) is 67.4 Å². The molecule has 24 rings (SSSR count). The van der Waals surface area contributed by atoms with Gasteiger partial charge in [0.05, 0.1) is 57.3 Å². The average Bonchev–Trinajstić information content (AvgIpc) is 1.02. The molecule has 38 nitrogen and oxygen atoms in total. The van der Waals surface area contributed by atoms with Crippen LogP contribution >= 0.6 is 0 Å². The van der Waals surface area contributed by atoms with Crippen LogP contribution < -0.4 is 66.4 Å². The molecule has 12 heterocycles. The van der Waals surface area contributed by atoms with Gasteiger partial charge in [-0.2, -0.15) is 0 Å². The minimum atomic E-state index is -0.629. The Kier molecular flexibility index (Phi) is 25.6. The summed E-state index contributed by atoms with van der Waals surface area (Å²) < 4.78 is 88.2. The highest BCUT2D eigenvalue weighted by Gasteiger charge is 2.37. The van der Waals surface area contributed by atoms with Crippen LogP contribution in [0.1, 0.15) is 186 Å². The van der Waals surface area contributed by atoms with E-state index in [1.54, 1.807) is 91.0 Å². The Balaban J connectivity index is 0.000000114. The molecule has 0 bridgehead atoms. The molecule has 4 fully saturated rings. The van der Waals surface area contributed by atoms with Crippen molar-refractivity contribution in [2.75, 3.05) is 44.2 Å². The number of para-hydroxylation sites is 4. The van der Waals surface area contributed by atoms with E-state index in [0.717, 1.165) is 51.4 Å². The topological polar surface area (TPSA) is 525 Å². The van der Waals surface area contributed by atoms with E-state index in [0.29, 0.717) is 138 Å². The van der Waals surface area contributed by atoms with Crippen LogP contribution in [0.5, 0.6) is 0 Å². The average molecular weight is 1960 g/mol. The maximum atomic E-state index is 14.8. The molecule has 0 unspecified atom stereocenters. The lowest BCUT2D eigenvalue weighted by Gasteiger charge is -2.24. The smallest absolute Gasteiger partial charge is 0.269 e. The van der Waals surface area contributed by atoms with Crippen LogP contribution in [-0.2, 0) is 0 Å². The predicted molar refractivity (Wildman–Crippen MR) is 538 cm³/mol. The largest absolute Gasteiger partial charge is 0.420 e. The lowest BCUT2D eigenvalue weighted by molar-refractivity contribution is 0.508. The molecule has 4 aliphatic rings. The van der Waals surface area contributed by atoms with Crippen LogP contribution in [0.3, 0.4) is 0 Å². The zero-order valence-corrected chi connectivity index (χ0v) is 78.6. The molecule has 0 radical (unpaired) electrons. The quantitative estimate of drug-likeness (QED) is 0.0233. The van der Waals surface area contributed by atoms with Crippen molar-refractivity contribution in [3.63, 3.8) is 0 Å². The summed E-state index contributed by atoms with van der Waals surface area (Å²) in [5, 5.41) is 47.6. The van der Waals surface area contributed by atoms with Crippen LogP contribution in [0.25, 0.3) is 112 Å². The van der Waals surface area contributed by atoms with Crippen molar-refractivity contribution in [2.24, 2.45) is 0 Å². The summed E-state index contributed by atoms with van der Waals surface area (Å²) in [4.78, 5) is 97.7. The molecule has 146 heavy (non-hydrogen) atoms. The number of fused-ring (bicyclic) bond motifs is 4. The van der Waals surface area contributed by atoms with E-state index in [1.165, 1.54) is 80.0 Å². The Morgan fingerprint density at radius 3 is 0.959 bits per heavy atom. The van der Waals surface area contributed by atoms with Gasteiger partial charge in [-0.3, -0.25) is 37.4 Å². The SMILES string of the molecule is CC[C@H](Nc1ncnc(N)c1-c1nnc(C2CC2)o1)c1cc2cccc(F)c2c(=O)n1-c1ccccc1.CC[C@H](Nc1ncnc(N)c1-c1nnc(C2CC2)o1)c1nc2cccc(F)c2c(=O)n1-c1ccccc1.C[C@H](Nc1ncnc(N)c1-c1nnc(C2CC2)o1)c1cc2cccc(F)c2c(=O)n1-c1ccccc1.C[C@H](Nc1ncnc(N)c1-c1nnc(C2CC2)o1)c1nc2cccc(F)c2c(=O)n1-c1ccccc1. The standard InChI is InChI=1S/C27H24FN7O2.C26H23FN8O2.C26H22FN7O2.C25H21FN8O2/c1-2-19(32-24-22(23(29)30-14-31-24)26-34-33-25(37-26)15-11-12-15)20-13-16-7-6-10-18(28)21(16)27(36)35(20)17-8-4-3-5-9-17;1-2-17(31-22-20(21(28)29-13-30-22)25-34-33-24(37-25)14-11-12-14)23-32-18-10-6-9-16(27)19(18)26(36)35(23)15-7-4-3-5-8-15;1-14(31-23-21(22(28)29-13-30-23)25-33-32-24(36-25)15-10-11-15)19-12-16-6-5-9-18(27)20(16)26(35)34(19)17-7-3-2-4-8-17;1-13(30-21-19(20(27)28-12-29-21)24-33-32-23(36-24)14-10-11-14)22-31-17-9-5-8-16(26)18(17)25(35)34(22)15-6-3-2-4-7-15/h3-10,13-15,19H,2,11-12H2,1H3,(H3,29,30,31,32);3-10,13-14,17H,2,11-12H2,1H3,(H3,28,29,30,31);2-9,12-15H,10-11H2,1H3,(H3,28,29,30,31);2-9,12-14H,10-11H2,1H3,(H3,27,28,29,30)/t19-;17-;14-;13-/m0000/s1. The maximum absolute atomic E-state index is 14.8. The first-order valence-electron chi connectivity index (χ1n) is 47.3. The van der Waals surface area contributed by atoms with Crippen LogP contribution in [-0.4, -0.2) is 109 Å². The Morgan fingerprint density at radius 2 is 0.610 bits per heavy atom. The van der Waals surface area contributed by atoms with Crippen LogP contribution in [0.2, 0.25) is 0 Å². The first kappa shape index (κ1) is 93.7. The van der Waals surface area contributed by atoms with E-state index in [9.17, 15) is 36.7 Å². The fraction of sp³-hybridized carbons (Fsp3) is 0.212. The summed E-state index contributed by atoms with van der Waals surface area (Å²) in [7, 11) is 0. The number of hydrogen-bond acceptors (Lipinski definition) is 34. The number of rotatable bonds is 26. The zero-order valence-electron chi connectivity index (χ0n) is 78.6. The molecule has 4 saturated carbocycles. The zero-order chi connectivity index (χ0) is 101. The second-order valence-corrected chi connectivity index (χ2v) is 35.4. The normalized spacial score (nSPS) is 14.1. The van der Waals surface area contributed by atoms with Gasteiger partial charge in [0.25, 0.3) is 45.8 Å². The molecule has 42 heteroatoms. The van der Waals surface area contributed by atoms with E-state index in [4.69, 9.17) is 45.6 Å². The van der Waals surface area contributed by atoms with Crippen molar-refractivity contribution in [2.45, 2.75) is 140 Å². The summed E-state index contributed by atoms with van der Waals surface area (Å²) in [6.07, 6.45) is 14.6. The first-order chi connectivity index (χ1) is 71.1. The number of halogens is 4. The van der Waals surface area contributed by atoms with Crippen LogP contribution in [0.4, 0.5) is 64.1 Å². The monoisotopic (exact) mass is 1960 g/mol. The van der Waals surface area contributed by atoms with E-state index < -0.39 is 69.7 Å². The number of anilines is 8. The van der Waals surface area contributed by atoms with Crippen LogP contribution in [0, 0.1) is 23.3 Å². The molecule has 20 aromatic rings. The van der Waals surface area contributed by atoms with E-state index in [1.807, 2.05) is 107 Å². The molecule has 0 aliphatic heterocycles. The van der Waals surface area contributed by atoms with Gasteiger partial charge in [-0.05, 0) is 186 Å². The summed E-state index contributed by atoms with van der Waals surface area (Å²) in [6, 6.07) is 55.9. The van der Waals surface area contributed by atoms with Crippen molar-refractivity contribution in [1.29, 1.82) is 0 Å². The Bertz CT molecular complexity index is 8100. The van der Waals surface area contributed by atoms with Crippen molar-refractivity contribution in [3.8, 4) is 68.6 Å². The summed E-state index contributed by atoms with van der Waals surface area (Å²) in [6.45, 7) is 7.62. The summed E-state index contributed by atoms with van der Waals surface area (Å²) >= 11 is 0. The van der Waals surface area contributed by atoms with Crippen molar-refractivity contribution >= 4 is 89.9 Å². The van der Waals surface area contributed by atoms with E-state index >= 15 is 0 Å². The summed E-state index contributed by atoms with van der Waals surface area (Å²) in [5.74, 6) is 4.83. The molecule has 732 valence electrons. The number of hydrogen-bond donors (Lipinski definition) is 8. The minimum Gasteiger partial charge on any atom is -0.420 e. The van der Waals surface area contributed by atoms with Crippen LogP contribution in [0.15, 0.2) is 268 Å². The maximum Gasteiger partial charge on any atom is 0.269 e. The fourth-order valence-electron chi connectivity index (χ4n) is 17.3. The van der Waals surface area contributed by atoms with Crippen molar-refractivity contribution in [3.05, 3.63) is 343 Å². The second kappa shape index (κ2) is 39.9. The number of nitrogens with one attached hydrogen (secondary N) is 4. The molecular weight excluding hydrogens is 1870 g/mol.